The molecule has 2 aromatic carbocycles. The molecule has 0 aliphatic heterocycles. The van der Waals surface area contributed by atoms with Crippen LogP contribution in [0.1, 0.15) is 43.5 Å². The van der Waals surface area contributed by atoms with Crippen LogP contribution >= 0.6 is 0 Å². The molecule has 0 spiro atoms. The second-order valence-electron chi connectivity index (χ2n) is 9.21. The van der Waals surface area contributed by atoms with Gasteiger partial charge in [0.1, 0.15) is 0 Å². The largest absolute Gasteiger partial charge is 0.264 e. The van der Waals surface area contributed by atoms with Crippen LogP contribution in [-0.2, 0) is 0 Å². The van der Waals surface area contributed by atoms with Gasteiger partial charge in [-0.25, -0.2) is 15.0 Å². The number of allylic oxidation sites excluding steroid dienone is 6. The molecule has 2 heterocycles. The second kappa shape index (κ2) is 11.5. The van der Waals surface area contributed by atoms with Crippen molar-refractivity contribution in [3.8, 4) is 33.9 Å². The topological polar surface area (TPSA) is 51.6 Å². The smallest absolute Gasteiger partial charge is 0.164 e. The molecule has 4 heteroatoms. The fourth-order valence-corrected chi connectivity index (χ4v) is 4.38. The summed E-state index contributed by atoms with van der Waals surface area (Å²) in [5.74, 6) is 2.28. The van der Waals surface area contributed by atoms with E-state index >= 15 is 0 Å². The van der Waals surface area contributed by atoms with E-state index in [0.717, 1.165) is 41.5 Å². The summed E-state index contributed by atoms with van der Waals surface area (Å²) in [7, 11) is 0. The molecule has 0 N–H and O–H groups in total. The molecular weight excluding hydrogens is 452 g/mol. The van der Waals surface area contributed by atoms with Crippen molar-refractivity contribution in [2.24, 2.45) is 0 Å². The van der Waals surface area contributed by atoms with Crippen LogP contribution in [-0.4, -0.2) is 19.9 Å². The lowest BCUT2D eigenvalue weighted by Crippen LogP contribution is -2.02. The molecular formula is C33H30N4. The van der Waals surface area contributed by atoms with Gasteiger partial charge in [-0.15, -0.1) is 6.58 Å². The minimum atomic E-state index is 0.299. The van der Waals surface area contributed by atoms with E-state index in [2.05, 4.69) is 67.1 Å². The lowest BCUT2D eigenvalue weighted by molar-refractivity contribution is 0.845. The highest BCUT2D eigenvalue weighted by molar-refractivity contribution is 5.72. The monoisotopic (exact) mass is 482 g/mol. The Morgan fingerprint density at radius 1 is 0.865 bits per heavy atom. The van der Waals surface area contributed by atoms with Gasteiger partial charge in [0.15, 0.2) is 17.5 Å². The van der Waals surface area contributed by atoms with Gasteiger partial charge in [0.05, 0.1) is 0 Å². The van der Waals surface area contributed by atoms with Gasteiger partial charge < -0.3 is 0 Å². The summed E-state index contributed by atoms with van der Waals surface area (Å²) in [5.41, 5.74) is 6.64. The average Bonchev–Trinajstić information content (AvgIpc) is 2.96. The molecule has 0 saturated heterocycles. The number of rotatable bonds is 8. The van der Waals surface area contributed by atoms with E-state index < -0.39 is 0 Å². The predicted octanol–water partition coefficient (Wildman–Crippen LogP) is 8.24. The van der Waals surface area contributed by atoms with Crippen LogP contribution in [0.15, 0.2) is 116 Å². The average molecular weight is 483 g/mol. The molecule has 0 fully saturated rings. The van der Waals surface area contributed by atoms with Crippen LogP contribution in [0, 0.1) is 0 Å². The summed E-state index contributed by atoms with van der Waals surface area (Å²) >= 11 is 0. The Labute approximate surface area is 218 Å². The molecule has 1 unspecified atom stereocenters. The zero-order chi connectivity index (χ0) is 25.5. The van der Waals surface area contributed by atoms with Crippen LogP contribution in [0.3, 0.4) is 0 Å². The number of hydrogen-bond acceptors (Lipinski definition) is 4. The Morgan fingerprint density at radius 2 is 1.65 bits per heavy atom. The van der Waals surface area contributed by atoms with Crippen LogP contribution in [0.4, 0.5) is 0 Å². The molecule has 0 bridgehead atoms. The van der Waals surface area contributed by atoms with E-state index in [0.29, 0.717) is 23.4 Å². The van der Waals surface area contributed by atoms with Gasteiger partial charge >= 0.3 is 0 Å². The molecule has 1 aliphatic rings. The van der Waals surface area contributed by atoms with Crippen molar-refractivity contribution in [3.63, 3.8) is 0 Å². The molecule has 0 amide bonds. The van der Waals surface area contributed by atoms with E-state index in [1.165, 1.54) is 11.1 Å². The summed E-state index contributed by atoms with van der Waals surface area (Å²) in [4.78, 5) is 18.9. The molecule has 1 aliphatic carbocycles. The third-order valence-corrected chi connectivity index (χ3v) is 6.41. The lowest BCUT2D eigenvalue weighted by Gasteiger charge is -2.18. The first-order valence-corrected chi connectivity index (χ1v) is 12.7. The quantitative estimate of drug-likeness (QED) is 0.187. The summed E-state index contributed by atoms with van der Waals surface area (Å²) in [6.07, 6.45) is 19.3. The van der Waals surface area contributed by atoms with Gasteiger partial charge in [-0.3, -0.25) is 4.98 Å². The minimum absolute atomic E-state index is 0.299. The second-order valence-corrected chi connectivity index (χ2v) is 9.21. The summed E-state index contributed by atoms with van der Waals surface area (Å²) in [5, 5.41) is 0. The van der Waals surface area contributed by atoms with Gasteiger partial charge in [-0.2, -0.15) is 0 Å². The Balaban J connectivity index is 1.64. The molecule has 37 heavy (non-hydrogen) atoms. The fraction of sp³-hybridized carbons (Fsp3) is 0.152. The molecule has 4 nitrogen and oxygen atoms in total. The van der Waals surface area contributed by atoms with Crippen molar-refractivity contribution in [2.45, 2.75) is 32.1 Å². The van der Waals surface area contributed by atoms with Gasteiger partial charge in [0.25, 0.3) is 0 Å². The lowest BCUT2D eigenvalue weighted by atomic mass is 9.87. The molecule has 5 rings (SSSR count). The summed E-state index contributed by atoms with van der Waals surface area (Å²) in [6, 6.07) is 20.8. The van der Waals surface area contributed by atoms with E-state index in [4.69, 9.17) is 15.0 Å². The van der Waals surface area contributed by atoms with Gasteiger partial charge in [-0.1, -0.05) is 78.4 Å². The highest BCUT2D eigenvalue weighted by Crippen LogP contribution is 2.34. The number of pyridine rings is 1. The fourth-order valence-electron chi connectivity index (χ4n) is 4.38. The minimum Gasteiger partial charge on any atom is -0.264 e. The van der Waals surface area contributed by atoms with Crippen molar-refractivity contribution in [3.05, 3.63) is 127 Å². The van der Waals surface area contributed by atoms with Crippen molar-refractivity contribution in [1.82, 2.24) is 19.9 Å². The highest BCUT2D eigenvalue weighted by atomic mass is 15.0. The van der Waals surface area contributed by atoms with Crippen LogP contribution in [0.2, 0.25) is 0 Å². The number of unbranched alkanes of at least 4 members (excludes halogenated alkanes) is 1. The van der Waals surface area contributed by atoms with Crippen molar-refractivity contribution < 1.29 is 0 Å². The molecule has 1 atom stereocenters. The van der Waals surface area contributed by atoms with Crippen LogP contribution in [0.25, 0.3) is 40.0 Å². The van der Waals surface area contributed by atoms with Gasteiger partial charge in [0, 0.05) is 35.0 Å². The highest BCUT2D eigenvalue weighted by Gasteiger charge is 2.16. The maximum atomic E-state index is 4.93. The first-order valence-electron chi connectivity index (χ1n) is 12.7. The number of aromatic nitrogens is 4. The van der Waals surface area contributed by atoms with Crippen molar-refractivity contribution >= 4 is 6.08 Å². The Morgan fingerprint density at radius 3 is 2.38 bits per heavy atom. The zero-order valence-electron chi connectivity index (χ0n) is 21.1. The molecule has 2 aromatic heterocycles. The van der Waals surface area contributed by atoms with Crippen molar-refractivity contribution in [1.29, 1.82) is 0 Å². The van der Waals surface area contributed by atoms with E-state index in [1.54, 1.807) is 6.20 Å². The Bertz CT molecular complexity index is 1470. The third-order valence-electron chi connectivity index (χ3n) is 6.41. The first kappa shape index (κ1) is 24.3. The van der Waals surface area contributed by atoms with E-state index in [9.17, 15) is 0 Å². The maximum Gasteiger partial charge on any atom is 0.164 e. The summed E-state index contributed by atoms with van der Waals surface area (Å²) < 4.78 is 0. The zero-order valence-corrected chi connectivity index (χ0v) is 21.1. The molecule has 4 aromatic rings. The third kappa shape index (κ3) is 6.04. The van der Waals surface area contributed by atoms with Crippen molar-refractivity contribution in [2.75, 3.05) is 0 Å². The maximum absolute atomic E-state index is 4.93. The van der Waals surface area contributed by atoms with Gasteiger partial charge in [-0.05, 0) is 61.6 Å². The SMILES string of the molecule is C=CCC/C=C/c1nc(-c2ccccc2)nc(-c2cc(-c3cccnc3)cc(C3C=CC(C)=CC3)c2)n1. The summed E-state index contributed by atoms with van der Waals surface area (Å²) in [6.45, 7) is 5.95. The first-order chi connectivity index (χ1) is 18.2. The molecule has 0 saturated carbocycles. The predicted molar refractivity (Wildman–Crippen MR) is 153 cm³/mol. The van der Waals surface area contributed by atoms with Gasteiger partial charge in [0.2, 0.25) is 0 Å². The van der Waals surface area contributed by atoms with E-state index in [-0.39, 0.29) is 0 Å². The van der Waals surface area contributed by atoms with Crippen LogP contribution in [0.5, 0.6) is 0 Å². The molecule has 0 radical (unpaired) electrons. The number of nitrogens with zero attached hydrogens (tertiary/aromatic N) is 4. The standard InChI is InChI=1S/C33H30N4/c1-3-4-5-9-14-31-35-32(26-11-7-6-8-12-26)37-33(36-31)30-21-28(25-17-15-24(2)16-18-25)20-29(22-30)27-13-10-19-34-23-27/h3,6-17,19-23,25H,1,4-5,18H2,2H3/b14-9+. The Kier molecular flexibility index (Phi) is 7.56. The normalized spacial score (nSPS) is 15.1. The van der Waals surface area contributed by atoms with Crippen LogP contribution < -0.4 is 0 Å². The Hall–Kier alpha value is -4.44. The molecule has 182 valence electrons. The number of benzene rings is 2. The van der Waals surface area contributed by atoms with E-state index in [1.807, 2.05) is 54.7 Å². The number of hydrogen-bond donors (Lipinski definition) is 0.